The van der Waals surface area contributed by atoms with E-state index in [1.807, 2.05) is 0 Å². The summed E-state index contributed by atoms with van der Waals surface area (Å²) in [5.74, 6) is 0.614. The summed E-state index contributed by atoms with van der Waals surface area (Å²) in [4.78, 5) is 0. The first-order valence-corrected chi connectivity index (χ1v) is 5.17. The molecule has 1 saturated carbocycles. The van der Waals surface area contributed by atoms with E-state index in [9.17, 15) is 4.39 Å². The standard InChI is InChI=1S/C10H16FN3/c1-6-3-2-4-7(5-6)9-8(11)10(12)14-13-9/h6-7H,2-5H2,1H3,(H3,12,13,14). The molecule has 1 aromatic rings. The van der Waals surface area contributed by atoms with Crippen LogP contribution in [0.3, 0.4) is 0 Å². The number of anilines is 1. The Labute approximate surface area is 82.9 Å². The highest BCUT2D eigenvalue weighted by Gasteiger charge is 2.25. The lowest BCUT2D eigenvalue weighted by atomic mass is 9.81. The van der Waals surface area contributed by atoms with Gasteiger partial charge in [-0.2, -0.15) is 5.10 Å². The van der Waals surface area contributed by atoms with Gasteiger partial charge in [0.05, 0.1) is 5.69 Å². The van der Waals surface area contributed by atoms with Gasteiger partial charge in [-0.25, -0.2) is 4.39 Å². The second-order valence-corrected chi connectivity index (χ2v) is 4.31. The molecule has 2 atom stereocenters. The molecule has 1 heterocycles. The largest absolute Gasteiger partial charge is 0.380 e. The minimum atomic E-state index is -0.343. The van der Waals surface area contributed by atoms with Crippen LogP contribution in [0.2, 0.25) is 0 Å². The zero-order chi connectivity index (χ0) is 10.1. The van der Waals surface area contributed by atoms with Crippen molar-refractivity contribution in [2.24, 2.45) is 5.92 Å². The Morgan fingerprint density at radius 2 is 2.29 bits per heavy atom. The van der Waals surface area contributed by atoms with Crippen molar-refractivity contribution in [3.63, 3.8) is 0 Å². The van der Waals surface area contributed by atoms with Gasteiger partial charge in [0.15, 0.2) is 11.6 Å². The lowest BCUT2D eigenvalue weighted by Gasteiger charge is -2.25. The number of nitrogens with zero attached hydrogens (tertiary/aromatic N) is 1. The Morgan fingerprint density at radius 3 is 2.86 bits per heavy atom. The lowest BCUT2D eigenvalue weighted by molar-refractivity contribution is 0.334. The van der Waals surface area contributed by atoms with Crippen molar-refractivity contribution in [3.8, 4) is 0 Å². The zero-order valence-corrected chi connectivity index (χ0v) is 8.39. The maximum absolute atomic E-state index is 13.5. The number of hydrogen-bond donors (Lipinski definition) is 2. The Balaban J connectivity index is 2.18. The van der Waals surface area contributed by atoms with Gasteiger partial charge in [-0.15, -0.1) is 0 Å². The van der Waals surface area contributed by atoms with E-state index in [-0.39, 0.29) is 17.6 Å². The summed E-state index contributed by atoms with van der Waals surface area (Å²) in [6, 6.07) is 0. The average Bonchev–Trinajstić information content (AvgIpc) is 2.48. The van der Waals surface area contributed by atoms with Crippen molar-refractivity contribution in [1.82, 2.24) is 10.2 Å². The molecule has 0 saturated heterocycles. The minimum absolute atomic E-state index is 0.00164. The maximum Gasteiger partial charge on any atom is 0.188 e. The van der Waals surface area contributed by atoms with Gasteiger partial charge in [0.1, 0.15) is 0 Å². The smallest absolute Gasteiger partial charge is 0.188 e. The number of nitrogen functional groups attached to an aromatic ring is 1. The molecule has 0 radical (unpaired) electrons. The Hall–Kier alpha value is -1.06. The number of rotatable bonds is 1. The molecule has 0 spiro atoms. The number of halogens is 1. The third-order valence-corrected chi connectivity index (χ3v) is 3.10. The molecule has 1 aliphatic rings. The fraction of sp³-hybridized carbons (Fsp3) is 0.700. The first-order chi connectivity index (χ1) is 6.68. The monoisotopic (exact) mass is 197 g/mol. The highest BCUT2D eigenvalue weighted by atomic mass is 19.1. The van der Waals surface area contributed by atoms with Gasteiger partial charge in [-0.1, -0.05) is 19.8 Å². The molecular formula is C10H16FN3. The molecule has 14 heavy (non-hydrogen) atoms. The molecule has 0 bridgehead atoms. The van der Waals surface area contributed by atoms with E-state index in [4.69, 9.17) is 5.73 Å². The van der Waals surface area contributed by atoms with E-state index in [1.165, 1.54) is 12.8 Å². The summed E-state index contributed by atoms with van der Waals surface area (Å²) in [6.07, 6.45) is 4.51. The van der Waals surface area contributed by atoms with Crippen molar-refractivity contribution >= 4 is 5.82 Å². The SMILES string of the molecule is CC1CCCC(c2[nH]nc(N)c2F)C1. The minimum Gasteiger partial charge on any atom is -0.380 e. The normalized spacial score (nSPS) is 27.9. The molecule has 3 nitrogen and oxygen atoms in total. The first kappa shape index (κ1) is 9.49. The van der Waals surface area contributed by atoms with Crippen LogP contribution in [-0.4, -0.2) is 10.2 Å². The molecule has 2 unspecified atom stereocenters. The molecule has 4 heteroatoms. The van der Waals surface area contributed by atoms with Crippen molar-refractivity contribution in [2.45, 2.75) is 38.5 Å². The van der Waals surface area contributed by atoms with Gasteiger partial charge >= 0.3 is 0 Å². The van der Waals surface area contributed by atoms with Gasteiger partial charge in [0.25, 0.3) is 0 Å². The predicted molar refractivity (Wildman–Crippen MR) is 53.3 cm³/mol. The molecule has 78 valence electrons. The van der Waals surface area contributed by atoms with Gasteiger partial charge in [0.2, 0.25) is 0 Å². The summed E-state index contributed by atoms with van der Waals surface area (Å²) in [6.45, 7) is 2.21. The van der Waals surface area contributed by atoms with E-state index in [1.54, 1.807) is 0 Å². The molecule has 0 amide bonds. The van der Waals surface area contributed by atoms with Crippen molar-refractivity contribution < 1.29 is 4.39 Å². The molecule has 0 aliphatic heterocycles. The van der Waals surface area contributed by atoms with Gasteiger partial charge in [0, 0.05) is 5.92 Å². The Morgan fingerprint density at radius 1 is 1.50 bits per heavy atom. The van der Waals surface area contributed by atoms with Crippen LogP contribution >= 0.6 is 0 Å². The molecule has 1 fully saturated rings. The van der Waals surface area contributed by atoms with Crippen LogP contribution in [-0.2, 0) is 0 Å². The third kappa shape index (κ3) is 1.61. The molecule has 0 aromatic carbocycles. The van der Waals surface area contributed by atoms with Crippen LogP contribution in [0.4, 0.5) is 10.2 Å². The highest BCUT2D eigenvalue weighted by molar-refractivity contribution is 5.33. The molecule has 1 aliphatic carbocycles. The predicted octanol–water partition coefficient (Wildman–Crippen LogP) is 2.42. The van der Waals surface area contributed by atoms with Crippen molar-refractivity contribution in [2.75, 3.05) is 5.73 Å². The summed E-state index contributed by atoms with van der Waals surface area (Å²) in [5, 5.41) is 6.41. The summed E-state index contributed by atoms with van der Waals surface area (Å²) in [7, 11) is 0. The summed E-state index contributed by atoms with van der Waals surface area (Å²) in [5.41, 5.74) is 5.97. The second kappa shape index (κ2) is 3.59. The number of hydrogen-bond acceptors (Lipinski definition) is 2. The van der Waals surface area contributed by atoms with Crippen LogP contribution in [0.15, 0.2) is 0 Å². The Kier molecular flexibility index (Phi) is 2.44. The number of nitrogens with one attached hydrogen (secondary N) is 1. The zero-order valence-electron chi connectivity index (χ0n) is 8.39. The van der Waals surface area contributed by atoms with Crippen LogP contribution < -0.4 is 5.73 Å². The van der Waals surface area contributed by atoms with Crippen molar-refractivity contribution in [3.05, 3.63) is 11.5 Å². The lowest BCUT2D eigenvalue weighted by Crippen LogP contribution is -2.13. The maximum atomic E-state index is 13.5. The first-order valence-electron chi connectivity index (χ1n) is 5.17. The fourth-order valence-electron chi connectivity index (χ4n) is 2.32. The quantitative estimate of drug-likeness (QED) is 0.726. The van der Waals surface area contributed by atoms with E-state index in [0.717, 1.165) is 12.8 Å². The van der Waals surface area contributed by atoms with E-state index < -0.39 is 0 Å². The van der Waals surface area contributed by atoms with Crippen LogP contribution in [0, 0.1) is 11.7 Å². The van der Waals surface area contributed by atoms with Gasteiger partial charge in [-0.05, 0) is 18.8 Å². The van der Waals surface area contributed by atoms with Crippen LogP contribution in [0.1, 0.15) is 44.2 Å². The number of aromatic nitrogens is 2. The van der Waals surface area contributed by atoms with Gasteiger partial charge < -0.3 is 5.73 Å². The molecular weight excluding hydrogens is 181 g/mol. The topological polar surface area (TPSA) is 54.7 Å². The van der Waals surface area contributed by atoms with E-state index in [2.05, 4.69) is 17.1 Å². The van der Waals surface area contributed by atoms with E-state index >= 15 is 0 Å². The summed E-state index contributed by atoms with van der Waals surface area (Å²) < 4.78 is 13.5. The molecule has 3 N–H and O–H groups in total. The highest BCUT2D eigenvalue weighted by Crippen LogP contribution is 2.36. The number of H-pyrrole nitrogens is 1. The molecule has 2 rings (SSSR count). The van der Waals surface area contributed by atoms with Crippen molar-refractivity contribution in [1.29, 1.82) is 0 Å². The summed E-state index contributed by atoms with van der Waals surface area (Å²) >= 11 is 0. The third-order valence-electron chi connectivity index (χ3n) is 3.10. The fourth-order valence-corrected chi connectivity index (χ4v) is 2.32. The van der Waals surface area contributed by atoms with Crippen LogP contribution in [0.25, 0.3) is 0 Å². The molecule has 1 aromatic heterocycles. The number of nitrogens with two attached hydrogens (primary N) is 1. The Bertz CT molecular complexity index is 321. The van der Waals surface area contributed by atoms with Gasteiger partial charge in [-0.3, -0.25) is 5.10 Å². The van der Waals surface area contributed by atoms with E-state index in [0.29, 0.717) is 11.6 Å². The second-order valence-electron chi connectivity index (χ2n) is 4.31. The number of aromatic amines is 1. The van der Waals surface area contributed by atoms with Crippen LogP contribution in [0.5, 0.6) is 0 Å². The average molecular weight is 197 g/mol.